The molecule has 0 aliphatic heterocycles. The topological polar surface area (TPSA) is 72.7 Å². The molecule has 3 aromatic rings. The van der Waals surface area contributed by atoms with E-state index in [4.69, 9.17) is 0 Å². The lowest BCUT2D eigenvalue weighted by Gasteiger charge is -2.10. The van der Waals surface area contributed by atoms with Crippen LogP contribution in [0.5, 0.6) is 0 Å². The van der Waals surface area contributed by atoms with Crippen LogP contribution in [0, 0.1) is 0 Å². The zero-order chi connectivity index (χ0) is 20.1. The number of alkyl halides is 3. The highest BCUT2D eigenvalue weighted by Gasteiger charge is 2.31. The second kappa shape index (κ2) is 8.42. The molecule has 1 amide bonds. The lowest BCUT2D eigenvalue weighted by atomic mass is 10.2. The molecule has 0 bridgehead atoms. The van der Waals surface area contributed by atoms with Gasteiger partial charge in [-0.1, -0.05) is 30.0 Å². The van der Waals surface area contributed by atoms with Crippen molar-refractivity contribution in [1.82, 2.24) is 19.7 Å². The number of para-hydroxylation sites is 1. The third-order valence-corrected chi connectivity index (χ3v) is 4.71. The third kappa shape index (κ3) is 4.69. The van der Waals surface area contributed by atoms with E-state index in [1.54, 1.807) is 16.7 Å². The van der Waals surface area contributed by atoms with Gasteiger partial charge in [0, 0.05) is 30.2 Å². The molecule has 10 heteroatoms. The molecule has 0 aliphatic carbocycles. The summed E-state index contributed by atoms with van der Waals surface area (Å²) >= 11 is 1.16. The number of benzene rings is 1. The highest BCUT2D eigenvalue weighted by Crippen LogP contribution is 2.31. The lowest BCUT2D eigenvalue weighted by molar-refractivity contribution is -0.137. The van der Waals surface area contributed by atoms with Gasteiger partial charge in [0.25, 0.3) is 0 Å². The largest absolute Gasteiger partial charge is 0.417 e. The highest BCUT2D eigenvalue weighted by atomic mass is 32.2. The van der Waals surface area contributed by atoms with Crippen molar-refractivity contribution in [2.75, 3.05) is 11.1 Å². The van der Waals surface area contributed by atoms with Crippen LogP contribution in [-0.4, -0.2) is 31.4 Å². The zero-order valence-electron chi connectivity index (χ0n) is 14.8. The predicted molar refractivity (Wildman–Crippen MR) is 99.7 cm³/mol. The first-order valence-corrected chi connectivity index (χ1v) is 9.30. The molecule has 1 aromatic carbocycles. The van der Waals surface area contributed by atoms with Crippen molar-refractivity contribution < 1.29 is 18.0 Å². The smallest absolute Gasteiger partial charge is 0.325 e. The number of nitrogens with one attached hydrogen (secondary N) is 1. The first kappa shape index (κ1) is 19.9. The van der Waals surface area contributed by atoms with Gasteiger partial charge in [0.1, 0.15) is 0 Å². The molecule has 2 heterocycles. The average Bonchev–Trinajstić information content (AvgIpc) is 3.09. The van der Waals surface area contributed by atoms with Crippen LogP contribution in [0.2, 0.25) is 0 Å². The average molecular weight is 407 g/mol. The fraction of sp³-hybridized carbons (Fsp3) is 0.222. The molecule has 0 radical (unpaired) electrons. The molecule has 0 atom stereocenters. The van der Waals surface area contributed by atoms with Gasteiger partial charge in [0.15, 0.2) is 11.0 Å². The number of amides is 1. The molecule has 0 saturated carbocycles. The molecular formula is C18H16F3N5OS. The number of carbonyl (C=O) groups is 1. The Balaban J connectivity index is 1.74. The number of anilines is 1. The molecular weight excluding hydrogens is 391 g/mol. The van der Waals surface area contributed by atoms with Crippen LogP contribution in [0.4, 0.5) is 18.9 Å². The minimum atomic E-state index is -4.49. The van der Waals surface area contributed by atoms with Gasteiger partial charge < -0.3 is 9.88 Å². The summed E-state index contributed by atoms with van der Waals surface area (Å²) in [5.41, 5.74) is 0.0395. The van der Waals surface area contributed by atoms with Crippen molar-refractivity contribution >= 4 is 23.4 Å². The van der Waals surface area contributed by atoms with Crippen LogP contribution >= 0.6 is 11.8 Å². The van der Waals surface area contributed by atoms with Gasteiger partial charge in [-0.15, -0.1) is 10.2 Å². The Morgan fingerprint density at radius 1 is 1.18 bits per heavy atom. The molecule has 0 aliphatic rings. The van der Waals surface area contributed by atoms with Crippen LogP contribution in [0.3, 0.4) is 0 Å². The quantitative estimate of drug-likeness (QED) is 0.623. The fourth-order valence-corrected chi connectivity index (χ4v) is 3.26. The molecule has 28 heavy (non-hydrogen) atoms. The number of rotatable bonds is 6. The number of nitrogens with zero attached hydrogens (tertiary/aromatic N) is 4. The van der Waals surface area contributed by atoms with Gasteiger partial charge in [-0.2, -0.15) is 13.2 Å². The Hall–Kier alpha value is -2.88. The molecule has 3 rings (SSSR count). The Morgan fingerprint density at radius 2 is 1.93 bits per heavy atom. The first-order valence-electron chi connectivity index (χ1n) is 8.32. The van der Waals surface area contributed by atoms with E-state index >= 15 is 0 Å². The van der Waals surface area contributed by atoms with Gasteiger partial charge in [0.2, 0.25) is 5.91 Å². The van der Waals surface area contributed by atoms with E-state index in [9.17, 15) is 18.0 Å². The maximum Gasteiger partial charge on any atom is 0.417 e. The zero-order valence-corrected chi connectivity index (χ0v) is 15.6. The molecule has 2 aromatic heterocycles. The second-order valence-corrected chi connectivity index (χ2v) is 6.66. The van der Waals surface area contributed by atoms with Gasteiger partial charge in [-0.05, 0) is 25.1 Å². The number of thioether (sulfide) groups is 1. The van der Waals surface area contributed by atoms with Gasteiger partial charge in [-0.3, -0.25) is 9.78 Å². The monoisotopic (exact) mass is 407 g/mol. The number of pyridine rings is 1. The van der Waals surface area contributed by atoms with E-state index in [0.29, 0.717) is 17.4 Å². The van der Waals surface area contributed by atoms with E-state index < -0.39 is 11.7 Å². The number of carbonyl (C=O) groups excluding carboxylic acids is 1. The summed E-state index contributed by atoms with van der Waals surface area (Å²) in [6.45, 7) is 2.25. The van der Waals surface area contributed by atoms with E-state index in [2.05, 4.69) is 20.5 Å². The van der Waals surface area contributed by atoms with Crippen molar-refractivity contribution in [2.24, 2.45) is 0 Å². The molecule has 1 N–H and O–H groups in total. The van der Waals surface area contributed by atoms with Crippen molar-refractivity contribution in [3.8, 4) is 11.4 Å². The minimum Gasteiger partial charge on any atom is -0.325 e. The molecule has 6 nitrogen and oxygen atoms in total. The summed E-state index contributed by atoms with van der Waals surface area (Å²) < 4.78 is 40.4. The molecule has 0 saturated heterocycles. The third-order valence-electron chi connectivity index (χ3n) is 3.75. The summed E-state index contributed by atoms with van der Waals surface area (Å²) in [6, 6.07) is 10.0. The Morgan fingerprint density at radius 3 is 2.61 bits per heavy atom. The van der Waals surface area contributed by atoms with Gasteiger partial charge >= 0.3 is 6.18 Å². The standard InChI is InChI=1S/C18H16F3N5OS/c1-2-26-16(12-8-13(10-22-9-12)18(19,20)21)24-25-17(26)28-11-15(27)23-14-6-4-3-5-7-14/h3-10H,2,11H2,1H3,(H,23,27). The summed E-state index contributed by atoms with van der Waals surface area (Å²) in [5.74, 6) is 0.143. The van der Waals surface area contributed by atoms with E-state index in [1.165, 1.54) is 6.20 Å². The molecule has 146 valence electrons. The molecule has 0 unspecified atom stereocenters. The predicted octanol–water partition coefficient (Wildman–Crippen LogP) is 4.11. The Labute approximate surface area is 163 Å². The van der Waals surface area contributed by atoms with Crippen LogP contribution < -0.4 is 5.32 Å². The van der Waals surface area contributed by atoms with Crippen LogP contribution in [0.15, 0.2) is 53.9 Å². The van der Waals surface area contributed by atoms with Crippen molar-refractivity contribution in [3.63, 3.8) is 0 Å². The second-order valence-electron chi connectivity index (χ2n) is 5.71. The van der Waals surface area contributed by atoms with Crippen LogP contribution in [0.1, 0.15) is 12.5 Å². The SMILES string of the molecule is CCn1c(SCC(=O)Nc2ccccc2)nnc1-c1cncc(C(F)(F)F)c1. The minimum absolute atomic E-state index is 0.0911. The summed E-state index contributed by atoms with van der Waals surface area (Å²) in [5, 5.41) is 11.2. The van der Waals surface area contributed by atoms with Gasteiger partial charge in [0.05, 0.1) is 11.3 Å². The summed E-state index contributed by atoms with van der Waals surface area (Å²) in [7, 11) is 0. The lowest BCUT2D eigenvalue weighted by Crippen LogP contribution is -2.14. The maximum absolute atomic E-state index is 12.9. The first-order chi connectivity index (χ1) is 13.4. The van der Waals surface area contributed by atoms with E-state index in [1.807, 2.05) is 25.1 Å². The number of aromatic nitrogens is 4. The molecule has 0 fully saturated rings. The van der Waals surface area contributed by atoms with Crippen molar-refractivity contribution in [2.45, 2.75) is 24.8 Å². The highest BCUT2D eigenvalue weighted by molar-refractivity contribution is 7.99. The maximum atomic E-state index is 12.9. The molecule has 0 spiro atoms. The Kier molecular flexibility index (Phi) is 5.98. The Bertz CT molecular complexity index is 959. The van der Waals surface area contributed by atoms with Crippen LogP contribution in [0.25, 0.3) is 11.4 Å². The van der Waals surface area contributed by atoms with E-state index in [0.717, 1.165) is 24.0 Å². The number of hydrogen-bond donors (Lipinski definition) is 1. The number of hydrogen-bond acceptors (Lipinski definition) is 5. The number of halogens is 3. The fourth-order valence-electron chi connectivity index (χ4n) is 2.46. The normalized spacial score (nSPS) is 11.4. The van der Waals surface area contributed by atoms with Gasteiger partial charge in [-0.25, -0.2) is 0 Å². The van der Waals surface area contributed by atoms with E-state index in [-0.39, 0.29) is 23.0 Å². The van der Waals surface area contributed by atoms with Crippen molar-refractivity contribution in [1.29, 1.82) is 0 Å². The van der Waals surface area contributed by atoms with Crippen LogP contribution in [-0.2, 0) is 17.5 Å². The summed E-state index contributed by atoms with van der Waals surface area (Å²) in [6.07, 6.45) is -2.42. The van der Waals surface area contributed by atoms with Crippen molar-refractivity contribution in [3.05, 3.63) is 54.4 Å². The summed E-state index contributed by atoms with van der Waals surface area (Å²) in [4.78, 5) is 15.8.